The van der Waals surface area contributed by atoms with Gasteiger partial charge in [-0.25, -0.2) is 0 Å². The second kappa shape index (κ2) is 4.97. The smallest absolute Gasteiger partial charge is 0.0704 e. The molecule has 0 aromatic carbocycles. The van der Waals surface area contributed by atoms with Gasteiger partial charge >= 0.3 is 0 Å². The molecular formula is C12H21N3O. The molecule has 0 amide bonds. The third-order valence-electron chi connectivity index (χ3n) is 3.34. The van der Waals surface area contributed by atoms with Crippen LogP contribution in [0.5, 0.6) is 0 Å². The van der Waals surface area contributed by atoms with Gasteiger partial charge in [-0.1, -0.05) is 0 Å². The van der Waals surface area contributed by atoms with Crippen LogP contribution in [0.2, 0.25) is 0 Å². The fourth-order valence-corrected chi connectivity index (χ4v) is 2.12. The van der Waals surface area contributed by atoms with Crippen molar-refractivity contribution in [3.63, 3.8) is 0 Å². The standard InChI is InChI=1S/C12H21N3O/c1-9-4-5-12(16-9)8-13-6-11-7-14-15(3)10(11)2/h7,9,12-13H,4-6,8H2,1-3H3. The maximum atomic E-state index is 5.75. The molecule has 0 aliphatic carbocycles. The number of nitrogens with one attached hydrogen (secondary N) is 1. The molecule has 2 atom stereocenters. The van der Waals surface area contributed by atoms with Gasteiger partial charge in [0, 0.05) is 31.4 Å². The average Bonchev–Trinajstić information content (AvgIpc) is 2.79. The normalized spacial score (nSPS) is 25.2. The molecule has 1 fully saturated rings. The van der Waals surface area contributed by atoms with E-state index in [1.54, 1.807) is 0 Å². The number of aromatic nitrogens is 2. The Balaban J connectivity index is 1.74. The summed E-state index contributed by atoms with van der Waals surface area (Å²) in [5.74, 6) is 0. The fraction of sp³-hybridized carbons (Fsp3) is 0.750. The predicted octanol–water partition coefficient (Wildman–Crippen LogP) is 1.39. The first-order valence-electron chi connectivity index (χ1n) is 6.00. The molecule has 0 spiro atoms. The summed E-state index contributed by atoms with van der Waals surface area (Å²) in [6, 6.07) is 0. The van der Waals surface area contributed by atoms with Crippen molar-refractivity contribution in [1.29, 1.82) is 0 Å². The summed E-state index contributed by atoms with van der Waals surface area (Å²) < 4.78 is 7.66. The van der Waals surface area contributed by atoms with Gasteiger partial charge in [-0.3, -0.25) is 4.68 Å². The molecule has 0 radical (unpaired) electrons. The van der Waals surface area contributed by atoms with Crippen LogP contribution < -0.4 is 5.32 Å². The zero-order valence-corrected chi connectivity index (χ0v) is 10.4. The third-order valence-corrected chi connectivity index (χ3v) is 3.34. The van der Waals surface area contributed by atoms with Gasteiger partial charge in [-0.05, 0) is 26.7 Å². The Kier molecular flexibility index (Phi) is 3.61. The van der Waals surface area contributed by atoms with Crippen molar-refractivity contribution in [3.8, 4) is 0 Å². The lowest BCUT2D eigenvalue weighted by Gasteiger charge is -2.11. The van der Waals surface area contributed by atoms with Crippen LogP contribution in [0.15, 0.2) is 6.20 Å². The summed E-state index contributed by atoms with van der Waals surface area (Å²) in [5.41, 5.74) is 2.50. The van der Waals surface area contributed by atoms with Gasteiger partial charge in [-0.15, -0.1) is 0 Å². The SMILES string of the molecule is Cc1c(CNCC2CCC(C)O2)cnn1C. The highest BCUT2D eigenvalue weighted by atomic mass is 16.5. The van der Waals surface area contributed by atoms with Crippen LogP contribution in [0.4, 0.5) is 0 Å². The van der Waals surface area contributed by atoms with E-state index >= 15 is 0 Å². The molecule has 1 aromatic rings. The van der Waals surface area contributed by atoms with E-state index in [0.29, 0.717) is 12.2 Å². The van der Waals surface area contributed by atoms with Crippen molar-refractivity contribution in [2.24, 2.45) is 7.05 Å². The minimum Gasteiger partial charge on any atom is -0.374 e. The van der Waals surface area contributed by atoms with Gasteiger partial charge in [0.15, 0.2) is 0 Å². The molecule has 1 saturated heterocycles. The summed E-state index contributed by atoms with van der Waals surface area (Å²) in [7, 11) is 1.97. The molecule has 1 N–H and O–H groups in total. The second-order valence-electron chi connectivity index (χ2n) is 4.66. The van der Waals surface area contributed by atoms with Crippen molar-refractivity contribution in [3.05, 3.63) is 17.5 Å². The molecule has 16 heavy (non-hydrogen) atoms. The van der Waals surface area contributed by atoms with Gasteiger partial charge in [0.25, 0.3) is 0 Å². The number of rotatable bonds is 4. The lowest BCUT2D eigenvalue weighted by molar-refractivity contribution is 0.0559. The van der Waals surface area contributed by atoms with E-state index in [0.717, 1.165) is 13.1 Å². The molecule has 1 aliphatic heterocycles. The third kappa shape index (κ3) is 2.62. The number of ether oxygens (including phenoxy) is 1. The summed E-state index contributed by atoms with van der Waals surface area (Å²) in [6.07, 6.45) is 5.14. The highest BCUT2D eigenvalue weighted by Gasteiger charge is 2.21. The van der Waals surface area contributed by atoms with Gasteiger partial charge in [0.05, 0.1) is 18.4 Å². The van der Waals surface area contributed by atoms with E-state index in [-0.39, 0.29) is 0 Å². The molecule has 4 nitrogen and oxygen atoms in total. The Hall–Kier alpha value is -0.870. The van der Waals surface area contributed by atoms with Crippen LogP contribution in [0.1, 0.15) is 31.0 Å². The minimum absolute atomic E-state index is 0.395. The molecule has 4 heteroatoms. The minimum atomic E-state index is 0.395. The molecule has 2 unspecified atom stereocenters. The quantitative estimate of drug-likeness (QED) is 0.838. The molecule has 0 saturated carbocycles. The van der Waals surface area contributed by atoms with E-state index < -0.39 is 0 Å². The van der Waals surface area contributed by atoms with Crippen molar-refractivity contribution >= 4 is 0 Å². The lowest BCUT2D eigenvalue weighted by Crippen LogP contribution is -2.26. The van der Waals surface area contributed by atoms with Crippen LogP contribution in [0.3, 0.4) is 0 Å². The Morgan fingerprint density at radius 3 is 2.94 bits per heavy atom. The van der Waals surface area contributed by atoms with Crippen LogP contribution >= 0.6 is 0 Å². The number of hydrogen-bond acceptors (Lipinski definition) is 3. The van der Waals surface area contributed by atoms with Gasteiger partial charge in [0.1, 0.15) is 0 Å². The fourth-order valence-electron chi connectivity index (χ4n) is 2.12. The van der Waals surface area contributed by atoms with Gasteiger partial charge in [-0.2, -0.15) is 5.10 Å². The van der Waals surface area contributed by atoms with Crippen LogP contribution in [-0.2, 0) is 18.3 Å². The molecule has 90 valence electrons. The van der Waals surface area contributed by atoms with Crippen LogP contribution in [-0.4, -0.2) is 28.5 Å². The Morgan fingerprint density at radius 2 is 2.38 bits per heavy atom. The average molecular weight is 223 g/mol. The zero-order chi connectivity index (χ0) is 11.5. The van der Waals surface area contributed by atoms with Crippen LogP contribution in [0.25, 0.3) is 0 Å². The molecular weight excluding hydrogens is 202 g/mol. The van der Waals surface area contributed by atoms with Crippen molar-refractivity contribution in [1.82, 2.24) is 15.1 Å². The summed E-state index contributed by atoms with van der Waals surface area (Å²) in [6.45, 7) is 6.07. The van der Waals surface area contributed by atoms with E-state index in [9.17, 15) is 0 Å². The Labute approximate surface area is 97.0 Å². The Morgan fingerprint density at radius 1 is 1.56 bits per heavy atom. The number of nitrogens with zero attached hydrogens (tertiary/aromatic N) is 2. The maximum absolute atomic E-state index is 5.75. The van der Waals surface area contributed by atoms with Gasteiger partial charge < -0.3 is 10.1 Å². The van der Waals surface area contributed by atoms with Crippen molar-refractivity contribution < 1.29 is 4.74 Å². The second-order valence-corrected chi connectivity index (χ2v) is 4.66. The van der Waals surface area contributed by atoms with E-state index in [1.807, 2.05) is 17.9 Å². The maximum Gasteiger partial charge on any atom is 0.0704 e. The Bertz CT molecular complexity index is 348. The number of hydrogen-bond donors (Lipinski definition) is 1. The molecule has 2 heterocycles. The largest absolute Gasteiger partial charge is 0.374 e. The predicted molar refractivity (Wildman–Crippen MR) is 63.2 cm³/mol. The first kappa shape index (κ1) is 11.6. The topological polar surface area (TPSA) is 39.1 Å². The zero-order valence-electron chi connectivity index (χ0n) is 10.4. The lowest BCUT2D eigenvalue weighted by atomic mass is 10.2. The first-order chi connectivity index (χ1) is 7.66. The van der Waals surface area contributed by atoms with Gasteiger partial charge in [0.2, 0.25) is 0 Å². The molecule has 2 rings (SSSR count). The summed E-state index contributed by atoms with van der Waals surface area (Å²) in [4.78, 5) is 0. The van der Waals surface area contributed by atoms with E-state index in [4.69, 9.17) is 4.74 Å². The number of aryl methyl sites for hydroxylation is 1. The van der Waals surface area contributed by atoms with E-state index in [1.165, 1.54) is 24.1 Å². The monoisotopic (exact) mass is 223 g/mol. The molecule has 1 aromatic heterocycles. The van der Waals surface area contributed by atoms with Crippen molar-refractivity contribution in [2.75, 3.05) is 6.54 Å². The summed E-state index contributed by atoms with van der Waals surface area (Å²) >= 11 is 0. The highest BCUT2D eigenvalue weighted by Crippen LogP contribution is 2.18. The van der Waals surface area contributed by atoms with E-state index in [2.05, 4.69) is 24.3 Å². The summed E-state index contributed by atoms with van der Waals surface area (Å²) in [5, 5.41) is 7.66. The first-order valence-corrected chi connectivity index (χ1v) is 6.00. The van der Waals surface area contributed by atoms with Crippen LogP contribution in [0, 0.1) is 6.92 Å². The molecule has 0 bridgehead atoms. The molecule has 1 aliphatic rings. The highest BCUT2D eigenvalue weighted by molar-refractivity contribution is 5.15. The van der Waals surface area contributed by atoms with Crippen molar-refractivity contribution in [2.45, 2.75) is 45.4 Å².